The molecule has 0 fully saturated rings. The van der Waals surface area contributed by atoms with Gasteiger partial charge in [0.05, 0.1) is 14.2 Å². The van der Waals surface area contributed by atoms with Gasteiger partial charge in [0.2, 0.25) is 0 Å². The second kappa shape index (κ2) is 33.5. The first-order valence-corrected chi connectivity index (χ1v) is 20.0. The molecule has 42 heavy (non-hydrogen) atoms. The molecule has 250 valence electrons. The average Bonchev–Trinajstić information content (AvgIpc) is 2.99. The Morgan fingerprint density at radius 1 is 0.452 bits per heavy atom. The molecule has 0 aromatic carbocycles. The van der Waals surface area contributed by atoms with Gasteiger partial charge < -0.3 is 9.47 Å². The Morgan fingerprint density at radius 3 is 1.07 bits per heavy atom. The van der Waals surface area contributed by atoms with E-state index in [1.54, 1.807) is 0 Å². The molecule has 2 unspecified atom stereocenters. The molecule has 2 atom stereocenters. The first-order valence-electron chi connectivity index (χ1n) is 17.9. The molecule has 0 heterocycles. The van der Waals surface area contributed by atoms with Gasteiger partial charge in [-0.2, -0.15) is 23.5 Å². The van der Waals surface area contributed by atoms with Crippen molar-refractivity contribution < 1.29 is 19.1 Å². The fourth-order valence-corrected chi connectivity index (χ4v) is 8.46. The number of rotatable bonds is 33. The largest absolute Gasteiger partial charge is 0.469 e. The maximum atomic E-state index is 11.1. The second-order valence-electron chi connectivity index (χ2n) is 12.2. The van der Waals surface area contributed by atoms with E-state index in [4.69, 9.17) is 9.47 Å². The molecule has 4 nitrogen and oxygen atoms in total. The van der Waals surface area contributed by atoms with Crippen molar-refractivity contribution in [2.45, 2.75) is 191 Å². The number of esters is 2. The molecule has 0 amide bonds. The van der Waals surface area contributed by atoms with Crippen LogP contribution in [0.5, 0.6) is 0 Å². The second-order valence-corrected chi connectivity index (χ2v) is 15.0. The molecule has 0 aromatic heterocycles. The topological polar surface area (TPSA) is 52.6 Å². The van der Waals surface area contributed by atoms with E-state index in [9.17, 15) is 9.59 Å². The van der Waals surface area contributed by atoms with E-state index in [0.29, 0.717) is 12.8 Å². The molecular formula is C36H70O4S2. The van der Waals surface area contributed by atoms with Gasteiger partial charge in [-0.05, 0) is 62.9 Å². The molecule has 0 spiro atoms. The summed E-state index contributed by atoms with van der Waals surface area (Å²) in [5, 5.41) is 1.74. The van der Waals surface area contributed by atoms with Gasteiger partial charge in [0.25, 0.3) is 0 Å². The highest BCUT2D eigenvalue weighted by atomic mass is 32.2. The molecule has 0 saturated carbocycles. The van der Waals surface area contributed by atoms with E-state index in [-0.39, 0.29) is 11.9 Å². The van der Waals surface area contributed by atoms with Crippen molar-refractivity contribution in [1.29, 1.82) is 0 Å². The maximum absolute atomic E-state index is 11.1. The fourth-order valence-electron chi connectivity index (χ4n) is 5.58. The summed E-state index contributed by atoms with van der Waals surface area (Å²) in [6.45, 7) is 4.68. The molecule has 0 bridgehead atoms. The number of thioether (sulfide) groups is 2. The molecule has 0 radical (unpaired) electrons. The molecule has 0 aliphatic rings. The molecular weight excluding hydrogens is 561 g/mol. The minimum Gasteiger partial charge on any atom is -0.469 e. The summed E-state index contributed by atoms with van der Waals surface area (Å²) in [6, 6.07) is 0. The van der Waals surface area contributed by atoms with Gasteiger partial charge in [-0.25, -0.2) is 0 Å². The Kier molecular flexibility index (Phi) is 33.2. The monoisotopic (exact) mass is 630 g/mol. The number of ether oxygens (including phenoxy) is 2. The lowest BCUT2D eigenvalue weighted by Crippen LogP contribution is -2.05. The fraction of sp³-hybridized carbons (Fsp3) is 0.944. The lowest BCUT2D eigenvalue weighted by molar-refractivity contribution is -0.141. The van der Waals surface area contributed by atoms with Crippen LogP contribution in [0.2, 0.25) is 0 Å². The third kappa shape index (κ3) is 29.7. The van der Waals surface area contributed by atoms with Crippen LogP contribution >= 0.6 is 23.5 Å². The van der Waals surface area contributed by atoms with E-state index < -0.39 is 0 Å². The van der Waals surface area contributed by atoms with Crippen LogP contribution in [0.25, 0.3) is 0 Å². The molecule has 0 rings (SSSR count). The summed E-state index contributed by atoms with van der Waals surface area (Å²) in [7, 11) is 2.95. The summed E-state index contributed by atoms with van der Waals surface area (Å²) >= 11 is 4.52. The summed E-state index contributed by atoms with van der Waals surface area (Å²) in [6.07, 6.45) is 32.5. The minimum absolute atomic E-state index is 0.0689. The van der Waals surface area contributed by atoms with Crippen LogP contribution < -0.4 is 0 Å². The van der Waals surface area contributed by atoms with Crippen molar-refractivity contribution in [1.82, 2.24) is 0 Å². The third-order valence-electron chi connectivity index (χ3n) is 8.24. The lowest BCUT2D eigenvalue weighted by Gasteiger charge is -2.17. The Bertz CT molecular complexity index is 537. The van der Waals surface area contributed by atoms with Crippen molar-refractivity contribution in [2.24, 2.45) is 0 Å². The smallest absolute Gasteiger partial charge is 0.305 e. The number of hydrogen-bond acceptors (Lipinski definition) is 6. The van der Waals surface area contributed by atoms with E-state index in [2.05, 4.69) is 37.4 Å². The van der Waals surface area contributed by atoms with Crippen molar-refractivity contribution in [3.8, 4) is 0 Å². The highest BCUT2D eigenvalue weighted by Gasteiger charge is 2.10. The first-order chi connectivity index (χ1) is 20.6. The average molecular weight is 631 g/mol. The number of hydrogen-bond donors (Lipinski definition) is 0. The molecule has 0 aromatic rings. The van der Waals surface area contributed by atoms with Gasteiger partial charge in [-0.15, -0.1) is 0 Å². The number of carbonyl (C=O) groups is 2. The molecule has 0 aliphatic heterocycles. The van der Waals surface area contributed by atoms with E-state index in [1.165, 1.54) is 154 Å². The highest BCUT2D eigenvalue weighted by molar-refractivity contribution is 8.00. The van der Waals surface area contributed by atoms with Crippen LogP contribution in [0.4, 0.5) is 0 Å². The van der Waals surface area contributed by atoms with Crippen LogP contribution in [0, 0.1) is 0 Å². The quantitative estimate of drug-likeness (QED) is 0.0531. The van der Waals surface area contributed by atoms with Gasteiger partial charge in [0, 0.05) is 23.3 Å². The Labute approximate surface area is 270 Å². The van der Waals surface area contributed by atoms with Crippen LogP contribution in [-0.2, 0) is 19.1 Å². The summed E-state index contributed by atoms with van der Waals surface area (Å²) in [5.74, 6) is 2.55. The van der Waals surface area contributed by atoms with Crippen molar-refractivity contribution >= 4 is 35.5 Å². The van der Waals surface area contributed by atoms with Gasteiger partial charge in [-0.3, -0.25) is 9.59 Å². The standard InChI is InChI=1S/C36H70O4S2/c1-5-25-33(27-19-15-11-7-9-13-17-21-29-35(37)39-3)41-31-23-24-32-42-34(26-6-2)28-20-16-12-8-10-14-18-22-30-36(38)40-4/h33-34H,5-32H2,1-4H3. The Balaban J connectivity index is 3.72. The van der Waals surface area contributed by atoms with Gasteiger partial charge in [0.1, 0.15) is 0 Å². The zero-order valence-corrected chi connectivity index (χ0v) is 30.0. The van der Waals surface area contributed by atoms with Gasteiger partial charge >= 0.3 is 11.9 Å². The predicted molar refractivity (Wildman–Crippen MR) is 188 cm³/mol. The third-order valence-corrected chi connectivity index (χ3v) is 11.2. The van der Waals surface area contributed by atoms with Crippen LogP contribution in [0.15, 0.2) is 0 Å². The highest BCUT2D eigenvalue weighted by Crippen LogP contribution is 2.27. The van der Waals surface area contributed by atoms with E-state index in [0.717, 1.165) is 36.2 Å². The van der Waals surface area contributed by atoms with Gasteiger partial charge in [-0.1, -0.05) is 117 Å². The van der Waals surface area contributed by atoms with E-state index in [1.807, 2.05) is 0 Å². The zero-order valence-electron chi connectivity index (χ0n) is 28.4. The maximum Gasteiger partial charge on any atom is 0.305 e. The minimum atomic E-state index is -0.0689. The molecule has 6 heteroatoms. The molecule has 0 N–H and O–H groups in total. The summed E-state index contributed by atoms with van der Waals surface area (Å²) < 4.78 is 9.41. The molecule has 0 saturated heterocycles. The summed E-state index contributed by atoms with van der Waals surface area (Å²) in [5.41, 5.74) is 0. The predicted octanol–water partition coefficient (Wildman–Crippen LogP) is 11.7. The van der Waals surface area contributed by atoms with Crippen molar-refractivity contribution in [2.75, 3.05) is 25.7 Å². The first kappa shape index (κ1) is 41.6. The van der Waals surface area contributed by atoms with E-state index >= 15 is 0 Å². The van der Waals surface area contributed by atoms with Crippen LogP contribution in [0.1, 0.15) is 181 Å². The number of unbranched alkanes of at least 4 members (excludes halogenated alkanes) is 15. The normalized spacial score (nSPS) is 12.8. The molecule has 0 aliphatic carbocycles. The summed E-state index contributed by atoms with van der Waals surface area (Å²) in [4.78, 5) is 22.3. The van der Waals surface area contributed by atoms with Crippen LogP contribution in [-0.4, -0.2) is 48.2 Å². The van der Waals surface area contributed by atoms with Gasteiger partial charge in [0.15, 0.2) is 0 Å². The zero-order chi connectivity index (χ0) is 30.9. The Hall–Kier alpha value is -0.360. The van der Waals surface area contributed by atoms with Crippen molar-refractivity contribution in [3.63, 3.8) is 0 Å². The van der Waals surface area contributed by atoms with Crippen LogP contribution in [0.3, 0.4) is 0 Å². The lowest BCUT2D eigenvalue weighted by atomic mass is 10.0. The number of carbonyl (C=O) groups excluding carboxylic acids is 2. The van der Waals surface area contributed by atoms with Crippen molar-refractivity contribution in [3.05, 3.63) is 0 Å². The number of methoxy groups -OCH3 is 2. The Morgan fingerprint density at radius 2 is 0.762 bits per heavy atom. The SMILES string of the molecule is CCCC(CCCCCCCCCCC(=O)OC)SCCCCSC(CCC)CCCCCCCCCCC(=O)OC.